The van der Waals surface area contributed by atoms with E-state index in [9.17, 15) is 8.42 Å². The van der Waals surface area contributed by atoms with Gasteiger partial charge in [0.1, 0.15) is 0 Å². The quantitative estimate of drug-likeness (QED) is 0.791. The molecule has 1 rings (SSSR count). The summed E-state index contributed by atoms with van der Waals surface area (Å²) < 4.78 is 28.4. The summed E-state index contributed by atoms with van der Waals surface area (Å²) >= 11 is 0. The van der Waals surface area contributed by atoms with Crippen LogP contribution in [0.25, 0.3) is 0 Å². The van der Waals surface area contributed by atoms with Gasteiger partial charge in [0.15, 0.2) is 5.94 Å². The van der Waals surface area contributed by atoms with E-state index in [4.69, 9.17) is 10.5 Å². The molecule has 0 aliphatic carbocycles. The second kappa shape index (κ2) is 4.63. The van der Waals surface area contributed by atoms with E-state index in [1.165, 1.54) is 0 Å². The third-order valence-corrected chi connectivity index (χ3v) is 3.45. The molecule has 0 fully saturated rings. The van der Waals surface area contributed by atoms with Gasteiger partial charge in [-0.3, -0.25) is 0 Å². The highest BCUT2D eigenvalue weighted by Gasteiger charge is 2.17. The smallest absolute Gasteiger partial charge is 0.204 e. The Morgan fingerprint density at radius 3 is 2.67 bits per heavy atom. The zero-order valence-corrected chi connectivity index (χ0v) is 9.67. The Labute approximate surface area is 90.0 Å². The molecule has 0 saturated carbocycles. The molecule has 0 bridgehead atoms. The predicted molar refractivity (Wildman–Crippen MR) is 59.3 cm³/mol. The fourth-order valence-electron chi connectivity index (χ4n) is 1.17. The van der Waals surface area contributed by atoms with Crippen molar-refractivity contribution < 1.29 is 13.2 Å². The van der Waals surface area contributed by atoms with Gasteiger partial charge in [-0.2, -0.15) is 0 Å². The second-order valence-corrected chi connectivity index (χ2v) is 5.17. The molecule has 1 aromatic rings. The fraction of sp³-hybridized carbons (Fsp3) is 0.400. The molecule has 0 spiro atoms. The van der Waals surface area contributed by atoms with Crippen LogP contribution in [0.1, 0.15) is 12.5 Å². The lowest BCUT2D eigenvalue weighted by molar-refractivity contribution is 0.192. The largest absolute Gasteiger partial charge is 0.398 e. The van der Waals surface area contributed by atoms with E-state index in [1.807, 2.05) is 6.92 Å². The van der Waals surface area contributed by atoms with Crippen LogP contribution in [0.2, 0.25) is 0 Å². The van der Waals surface area contributed by atoms with Crippen molar-refractivity contribution in [2.45, 2.75) is 18.7 Å². The Morgan fingerprint density at radius 2 is 2.07 bits per heavy atom. The number of benzene rings is 1. The van der Waals surface area contributed by atoms with Crippen LogP contribution in [-0.2, 0) is 14.6 Å². The first kappa shape index (κ1) is 12.0. The maximum atomic E-state index is 11.8. The van der Waals surface area contributed by atoms with Crippen molar-refractivity contribution in [2.75, 3.05) is 18.3 Å². The van der Waals surface area contributed by atoms with E-state index in [0.29, 0.717) is 6.61 Å². The van der Waals surface area contributed by atoms with Crippen molar-refractivity contribution in [3.8, 4) is 0 Å². The Balaban J connectivity index is 3.09. The molecule has 0 heterocycles. The van der Waals surface area contributed by atoms with Crippen molar-refractivity contribution in [3.05, 3.63) is 23.8 Å². The number of hydrogen-bond donors (Lipinski definition) is 1. The normalized spacial score (nSPS) is 11.6. The van der Waals surface area contributed by atoms with E-state index in [1.54, 1.807) is 25.1 Å². The summed E-state index contributed by atoms with van der Waals surface area (Å²) in [5.41, 5.74) is 6.74. The molecule has 0 unspecified atom stereocenters. The third kappa shape index (κ3) is 2.94. The summed E-state index contributed by atoms with van der Waals surface area (Å²) in [6.07, 6.45) is 0. The number of nitrogens with two attached hydrogens (primary N) is 1. The zero-order valence-electron chi connectivity index (χ0n) is 8.86. The van der Waals surface area contributed by atoms with Crippen LogP contribution >= 0.6 is 0 Å². The van der Waals surface area contributed by atoms with Crippen LogP contribution < -0.4 is 5.73 Å². The van der Waals surface area contributed by atoms with Crippen molar-refractivity contribution in [1.29, 1.82) is 0 Å². The molecule has 0 atom stereocenters. The minimum absolute atomic E-state index is 0.149. The summed E-state index contributed by atoms with van der Waals surface area (Å²) in [5.74, 6) is -0.322. The zero-order chi connectivity index (χ0) is 11.5. The standard InChI is InChI=1S/C10H15NO3S/c1-3-14-7-15(12,13)10-6-8(2)4-5-9(10)11/h4-6H,3,7,11H2,1-2H3. The molecule has 4 nitrogen and oxygen atoms in total. The molecule has 0 aromatic heterocycles. The number of ether oxygens (including phenoxy) is 1. The van der Waals surface area contributed by atoms with Crippen LogP contribution in [0, 0.1) is 6.92 Å². The highest BCUT2D eigenvalue weighted by Crippen LogP contribution is 2.20. The fourth-order valence-corrected chi connectivity index (χ4v) is 2.47. The van der Waals surface area contributed by atoms with Crippen LogP contribution in [0.4, 0.5) is 5.69 Å². The predicted octanol–water partition coefficient (Wildman–Crippen LogP) is 1.34. The van der Waals surface area contributed by atoms with E-state index < -0.39 is 9.84 Å². The molecule has 5 heteroatoms. The van der Waals surface area contributed by atoms with Gasteiger partial charge < -0.3 is 10.5 Å². The van der Waals surface area contributed by atoms with Gasteiger partial charge in [0.05, 0.1) is 10.6 Å². The summed E-state index contributed by atoms with van der Waals surface area (Å²) in [6, 6.07) is 4.92. The molecule has 1 aromatic carbocycles. The highest BCUT2D eigenvalue weighted by molar-refractivity contribution is 7.91. The number of hydrogen-bond acceptors (Lipinski definition) is 4. The van der Waals surface area contributed by atoms with E-state index in [0.717, 1.165) is 5.56 Å². The number of aryl methyl sites for hydroxylation is 1. The maximum absolute atomic E-state index is 11.8. The molecule has 15 heavy (non-hydrogen) atoms. The van der Waals surface area contributed by atoms with E-state index in [-0.39, 0.29) is 16.5 Å². The van der Waals surface area contributed by atoms with Gasteiger partial charge in [0.2, 0.25) is 9.84 Å². The van der Waals surface area contributed by atoms with Crippen molar-refractivity contribution in [3.63, 3.8) is 0 Å². The lowest BCUT2D eigenvalue weighted by Crippen LogP contribution is -2.12. The molecule has 0 saturated heterocycles. The summed E-state index contributed by atoms with van der Waals surface area (Å²) in [4.78, 5) is 0.149. The van der Waals surface area contributed by atoms with Crippen molar-refractivity contribution >= 4 is 15.5 Å². The van der Waals surface area contributed by atoms with Gasteiger partial charge in [-0.05, 0) is 31.5 Å². The van der Waals surface area contributed by atoms with E-state index in [2.05, 4.69) is 0 Å². The van der Waals surface area contributed by atoms with E-state index >= 15 is 0 Å². The maximum Gasteiger partial charge on any atom is 0.204 e. The Hall–Kier alpha value is -1.07. The minimum Gasteiger partial charge on any atom is -0.398 e. The number of anilines is 1. The lowest BCUT2D eigenvalue weighted by atomic mass is 10.2. The molecule has 84 valence electrons. The molecule has 0 aliphatic rings. The monoisotopic (exact) mass is 229 g/mol. The molecular formula is C10H15NO3S. The van der Waals surface area contributed by atoms with Crippen LogP contribution in [0.5, 0.6) is 0 Å². The first-order valence-electron chi connectivity index (χ1n) is 4.64. The Morgan fingerprint density at radius 1 is 1.40 bits per heavy atom. The van der Waals surface area contributed by atoms with Crippen LogP contribution in [-0.4, -0.2) is 21.0 Å². The van der Waals surface area contributed by atoms with Gasteiger partial charge in [0.25, 0.3) is 0 Å². The average Bonchev–Trinajstić information content (AvgIpc) is 2.18. The molecular weight excluding hydrogens is 214 g/mol. The first-order valence-corrected chi connectivity index (χ1v) is 6.29. The number of sulfone groups is 1. The van der Waals surface area contributed by atoms with Gasteiger partial charge >= 0.3 is 0 Å². The number of nitrogen functional groups attached to an aromatic ring is 1. The summed E-state index contributed by atoms with van der Waals surface area (Å²) in [5, 5.41) is 0. The minimum atomic E-state index is -3.42. The molecule has 0 aliphatic heterocycles. The topological polar surface area (TPSA) is 69.4 Å². The lowest BCUT2D eigenvalue weighted by Gasteiger charge is -2.08. The highest BCUT2D eigenvalue weighted by atomic mass is 32.2. The van der Waals surface area contributed by atoms with Gasteiger partial charge in [-0.25, -0.2) is 8.42 Å². The summed E-state index contributed by atoms with van der Waals surface area (Å²) in [7, 11) is -3.42. The van der Waals surface area contributed by atoms with Crippen molar-refractivity contribution in [2.24, 2.45) is 0 Å². The van der Waals surface area contributed by atoms with Gasteiger partial charge in [-0.1, -0.05) is 6.07 Å². The molecule has 0 radical (unpaired) electrons. The van der Waals surface area contributed by atoms with Gasteiger partial charge in [0, 0.05) is 6.61 Å². The van der Waals surface area contributed by atoms with Gasteiger partial charge in [-0.15, -0.1) is 0 Å². The first-order chi connectivity index (χ1) is 6.97. The third-order valence-electron chi connectivity index (χ3n) is 1.95. The molecule has 2 N–H and O–H groups in total. The molecule has 0 amide bonds. The summed E-state index contributed by atoms with van der Waals surface area (Å²) in [6.45, 7) is 3.93. The average molecular weight is 229 g/mol. The van der Waals surface area contributed by atoms with Crippen LogP contribution in [0.15, 0.2) is 23.1 Å². The number of rotatable bonds is 4. The van der Waals surface area contributed by atoms with Crippen LogP contribution in [0.3, 0.4) is 0 Å². The Bertz CT molecular complexity index is 440. The SMILES string of the molecule is CCOCS(=O)(=O)c1cc(C)ccc1N. The Kier molecular flexibility index (Phi) is 3.71. The second-order valence-electron chi connectivity index (χ2n) is 3.27. The van der Waals surface area contributed by atoms with Crippen molar-refractivity contribution in [1.82, 2.24) is 0 Å².